The van der Waals surface area contributed by atoms with Gasteiger partial charge in [0.25, 0.3) is 11.8 Å². The zero-order chi connectivity index (χ0) is 16.8. The zero-order valence-corrected chi connectivity index (χ0v) is 13.2. The lowest BCUT2D eigenvalue weighted by atomic mass is 10.1. The summed E-state index contributed by atoms with van der Waals surface area (Å²) in [6.07, 6.45) is 0. The highest BCUT2D eigenvalue weighted by Gasteiger charge is 2.17. The fourth-order valence-corrected chi connectivity index (χ4v) is 2.28. The number of rotatable bonds is 5. The number of halogens is 1. The minimum atomic E-state index is -0.481. The molecule has 2 aromatic carbocycles. The van der Waals surface area contributed by atoms with Gasteiger partial charge in [-0.05, 0) is 44.2 Å². The number of amides is 2. The Morgan fingerprint density at radius 1 is 1.04 bits per heavy atom. The van der Waals surface area contributed by atoms with Crippen LogP contribution in [0.25, 0.3) is 0 Å². The Balaban J connectivity index is 2.27. The van der Waals surface area contributed by atoms with Gasteiger partial charge in [0, 0.05) is 18.7 Å². The van der Waals surface area contributed by atoms with Gasteiger partial charge in [-0.25, -0.2) is 4.39 Å². The first kappa shape index (κ1) is 16.7. The van der Waals surface area contributed by atoms with E-state index in [0.717, 1.165) is 6.07 Å². The fraction of sp³-hybridized carbons (Fsp3) is 0.222. The molecule has 1 N–H and O–H groups in total. The molecule has 23 heavy (non-hydrogen) atoms. The number of carbonyl (C=O) groups excluding carboxylic acids is 2. The summed E-state index contributed by atoms with van der Waals surface area (Å²) in [5.41, 5.74) is 1.04. The second kappa shape index (κ2) is 7.54. The van der Waals surface area contributed by atoms with Crippen LogP contribution in [-0.2, 0) is 0 Å². The first-order chi connectivity index (χ1) is 11.1. The molecule has 0 atom stereocenters. The molecule has 2 amide bonds. The van der Waals surface area contributed by atoms with Crippen LogP contribution in [0.2, 0.25) is 0 Å². The Labute approximate surface area is 134 Å². The molecule has 0 fully saturated rings. The second-order valence-corrected chi connectivity index (χ2v) is 4.99. The lowest BCUT2D eigenvalue weighted by Gasteiger charge is -2.20. The van der Waals surface area contributed by atoms with Gasteiger partial charge in [-0.15, -0.1) is 0 Å². The molecule has 0 radical (unpaired) electrons. The van der Waals surface area contributed by atoms with Crippen LogP contribution in [0.15, 0.2) is 48.5 Å². The molecule has 4 nitrogen and oxygen atoms in total. The van der Waals surface area contributed by atoms with Crippen LogP contribution in [0, 0.1) is 5.82 Å². The molecule has 0 unspecified atom stereocenters. The average molecular weight is 314 g/mol. The molecule has 0 heterocycles. The van der Waals surface area contributed by atoms with Crippen molar-refractivity contribution >= 4 is 17.5 Å². The number of nitrogens with zero attached hydrogens (tertiary/aromatic N) is 1. The Hall–Kier alpha value is -2.69. The summed E-state index contributed by atoms with van der Waals surface area (Å²) < 4.78 is 13.2. The normalized spacial score (nSPS) is 10.2. The van der Waals surface area contributed by atoms with Crippen LogP contribution >= 0.6 is 0 Å². The largest absolute Gasteiger partial charge is 0.339 e. The molecule has 0 aromatic heterocycles. The molecule has 5 heteroatoms. The van der Waals surface area contributed by atoms with E-state index in [1.165, 1.54) is 18.2 Å². The molecule has 0 saturated heterocycles. The van der Waals surface area contributed by atoms with E-state index >= 15 is 0 Å². The van der Waals surface area contributed by atoms with Gasteiger partial charge in [-0.2, -0.15) is 0 Å². The van der Waals surface area contributed by atoms with Crippen LogP contribution in [0.3, 0.4) is 0 Å². The van der Waals surface area contributed by atoms with Crippen LogP contribution in [-0.4, -0.2) is 29.8 Å². The van der Waals surface area contributed by atoms with Gasteiger partial charge in [-0.1, -0.05) is 18.2 Å². The standard InChI is InChI=1S/C18H19FN2O2/c1-3-21(4-2)18(23)15-10-5-6-11-16(15)20-17(22)13-8-7-9-14(19)12-13/h5-12H,3-4H2,1-2H3,(H,20,22). The molecular formula is C18H19FN2O2. The van der Waals surface area contributed by atoms with Crippen molar-refractivity contribution in [3.05, 3.63) is 65.5 Å². The molecule has 2 rings (SSSR count). The average Bonchev–Trinajstić information content (AvgIpc) is 2.56. The number of hydrogen-bond acceptors (Lipinski definition) is 2. The smallest absolute Gasteiger partial charge is 0.255 e. The van der Waals surface area contributed by atoms with Crippen LogP contribution in [0.4, 0.5) is 10.1 Å². The monoisotopic (exact) mass is 314 g/mol. The van der Waals surface area contributed by atoms with Crippen molar-refractivity contribution in [3.63, 3.8) is 0 Å². The van der Waals surface area contributed by atoms with Crippen LogP contribution in [0.5, 0.6) is 0 Å². The summed E-state index contributed by atoms with van der Waals surface area (Å²) in [6.45, 7) is 4.97. The van der Waals surface area contributed by atoms with E-state index in [1.807, 2.05) is 13.8 Å². The van der Waals surface area contributed by atoms with Gasteiger partial charge in [0.15, 0.2) is 0 Å². The summed E-state index contributed by atoms with van der Waals surface area (Å²) in [5, 5.41) is 2.68. The van der Waals surface area contributed by atoms with Gasteiger partial charge in [-0.3, -0.25) is 9.59 Å². The second-order valence-electron chi connectivity index (χ2n) is 4.99. The molecular weight excluding hydrogens is 295 g/mol. The van der Waals surface area contributed by atoms with Crippen molar-refractivity contribution in [1.82, 2.24) is 4.90 Å². The zero-order valence-electron chi connectivity index (χ0n) is 13.2. The topological polar surface area (TPSA) is 49.4 Å². The number of anilines is 1. The summed E-state index contributed by atoms with van der Waals surface area (Å²) in [5.74, 6) is -1.08. The fourth-order valence-electron chi connectivity index (χ4n) is 2.28. The maximum atomic E-state index is 13.2. The number of carbonyl (C=O) groups is 2. The van der Waals surface area contributed by atoms with Crippen molar-refractivity contribution in [2.75, 3.05) is 18.4 Å². The predicted octanol–water partition coefficient (Wildman–Crippen LogP) is 3.56. The molecule has 0 aliphatic rings. The third kappa shape index (κ3) is 3.94. The summed E-state index contributed by atoms with van der Waals surface area (Å²) in [7, 11) is 0. The van der Waals surface area contributed by atoms with Gasteiger partial charge >= 0.3 is 0 Å². The van der Waals surface area contributed by atoms with E-state index in [0.29, 0.717) is 24.3 Å². The molecule has 2 aromatic rings. The van der Waals surface area contributed by atoms with E-state index in [2.05, 4.69) is 5.32 Å². The minimum Gasteiger partial charge on any atom is -0.339 e. The highest BCUT2D eigenvalue weighted by Crippen LogP contribution is 2.18. The lowest BCUT2D eigenvalue weighted by molar-refractivity contribution is 0.0774. The summed E-state index contributed by atoms with van der Waals surface area (Å²) >= 11 is 0. The highest BCUT2D eigenvalue weighted by molar-refractivity contribution is 6.08. The number of nitrogens with one attached hydrogen (secondary N) is 1. The Kier molecular flexibility index (Phi) is 5.46. The van der Waals surface area contributed by atoms with E-state index in [-0.39, 0.29) is 11.5 Å². The van der Waals surface area contributed by atoms with E-state index in [9.17, 15) is 14.0 Å². The molecule has 120 valence electrons. The third-order valence-electron chi connectivity index (χ3n) is 3.54. The van der Waals surface area contributed by atoms with Crippen molar-refractivity contribution in [3.8, 4) is 0 Å². The number of benzene rings is 2. The molecule has 0 aliphatic carbocycles. The van der Waals surface area contributed by atoms with E-state index in [1.54, 1.807) is 29.2 Å². The maximum absolute atomic E-state index is 13.2. The first-order valence-electron chi connectivity index (χ1n) is 7.52. The highest BCUT2D eigenvalue weighted by atomic mass is 19.1. The van der Waals surface area contributed by atoms with Crippen molar-refractivity contribution in [2.45, 2.75) is 13.8 Å². The van der Waals surface area contributed by atoms with Gasteiger partial charge in [0.05, 0.1) is 11.3 Å². The van der Waals surface area contributed by atoms with E-state index < -0.39 is 11.7 Å². The third-order valence-corrected chi connectivity index (χ3v) is 3.54. The predicted molar refractivity (Wildman–Crippen MR) is 88.0 cm³/mol. The molecule has 0 spiro atoms. The van der Waals surface area contributed by atoms with E-state index in [4.69, 9.17) is 0 Å². The van der Waals surface area contributed by atoms with Crippen molar-refractivity contribution in [2.24, 2.45) is 0 Å². The van der Waals surface area contributed by atoms with Crippen molar-refractivity contribution < 1.29 is 14.0 Å². The molecule has 0 aliphatic heterocycles. The number of para-hydroxylation sites is 1. The van der Waals surface area contributed by atoms with Gasteiger partial charge in [0.1, 0.15) is 5.82 Å². The SMILES string of the molecule is CCN(CC)C(=O)c1ccccc1NC(=O)c1cccc(F)c1. The Morgan fingerprint density at radius 3 is 2.39 bits per heavy atom. The van der Waals surface area contributed by atoms with Crippen molar-refractivity contribution in [1.29, 1.82) is 0 Å². The molecule has 0 saturated carbocycles. The Morgan fingerprint density at radius 2 is 1.74 bits per heavy atom. The van der Waals surface area contributed by atoms with Crippen LogP contribution in [0.1, 0.15) is 34.6 Å². The van der Waals surface area contributed by atoms with Gasteiger partial charge < -0.3 is 10.2 Å². The maximum Gasteiger partial charge on any atom is 0.255 e. The van der Waals surface area contributed by atoms with Gasteiger partial charge in [0.2, 0.25) is 0 Å². The quantitative estimate of drug-likeness (QED) is 0.917. The minimum absolute atomic E-state index is 0.148. The summed E-state index contributed by atoms with van der Waals surface area (Å²) in [6, 6.07) is 12.2. The van der Waals surface area contributed by atoms with Crippen LogP contribution < -0.4 is 5.32 Å². The number of hydrogen-bond donors (Lipinski definition) is 1. The molecule has 0 bridgehead atoms. The first-order valence-corrected chi connectivity index (χ1v) is 7.52. The summed E-state index contributed by atoms with van der Waals surface area (Å²) in [4.78, 5) is 26.4. The Bertz CT molecular complexity index is 712. The lowest BCUT2D eigenvalue weighted by Crippen LogP contribution is -2.31.